The first kappa shape index (κ1) is 15.3. The fourth-order valence-corrected chi connectivity index (χ4v) is 3.30. The van der Waals surface area contributed by atoms with Crippen LogP contribution in [0.3, 0.4) is 0 Å². The molecule has 1 aliphatic rings. The molecule has 0 saturated carbocycles. The van der Waals surface area contributed by atoms with Crippen LogP contribution in [0.15, 0.2) is 5.38 Å². The highest BCUT2D eigenvalue weighted by Crippen LogP contribution is 2.21. The molecule has 0 aromatic carbocycles. The number of piperidine rings is 1. The maximum atomic E-state index is 12.3. The highest BCUT2D eigenvalue weighted by molar-refractivity contribution is 7.09. The van der Waals surface area contributed by atoms with E-state index in [0.29, 0.717) is 6.54 Å². The van der Waals surface area contributed by atoms with Gasteiger partial charge in [-0.3, -0.25) is 0 Å². The number of carbonyl (C=O) groups is 1. The quantitative estimate of drug-likeness (QED) is 0.900. The number of nitrogens with zero attached hydrogens (tertiary/aromatic N) is 2. The van der Waals surface area contributed by atoms with Crippen LogP contribution < -0.4 is 5.32 Å². The summed E-state index contributed by atoms with van der Waals surface area (Å²) in [5.74, 6) is 0.187. The van der Waals surface area contributed by atoms with Gasteiger partial charge in [-0.25, -0.2) is 9.78 Å². The molecule has 5 nitrogen and oxygen atoms in total. The predicted octanol–water partition coefficient (Wildman–Crippen LogP) is 2.31. The fraction of sp³-hybridized carbons (Fsp3) is 0.714. The van der Waals surface area contributed by atoms with Crippen LogP contribution in [0.1, 0.15) is 43.4 Å². The third-order valence-corrected chi connectivity index (χ3v) is 4.92. The number of aryl methyl sites for hydroxylation is 1. The zero-order valence-electron chi connectivity index (χ0n) is 12.3. The van der Waals surface area contributed by atoms with Crippen molar-refractivity contribution in [3.05, 3.63) is 16.1 Å². The molecule has 0 aliphatic carbocycles. The van der Waals surface area contributed by atoms with E-state index in [1.54, 1.807) is 23.2 Å². The molecule has 1 aromatic rings. The highest BCUT2D eigenvalue weighted by atomic mass is 32.1. The van der Waals surface area contributed by atoms with E-state index in [9.17, 15) is 9.90 Å². The number of amides is 2. The van der Waals surface area contributed by atoms with Crippen LogP contribution in [0.2, 0.25) is 0 Å². The first-order valence-electron chi connectivity index (χ1n) is 7.13. The SMILES string of the molecule is Cc1csc(C(C)NC(=O)N2CCCC(C(C)O)C2)n1. The summed E-state index contributed by atoms with van der Waals surface area (Å²) < 4.78 is 0. The van der Waals surface area contributed by atoms with E-state index in [1.165, 1.54) is 0 Å². The summed E-state index contributed by atoms with van der Waals surface area (Å²) >= 11 is 1.57. The Bertz CT molecular complexity index is 461. The van der Waals surface area contributed by atoms with Crippen molar-refractivity contribution in [1.29, 1.82) is 0 Å². The molecule has 3 unspecified atom stereocenters. The van der Waals surface area contributed by atoms with Gasteiger partial charge in [0.1, 0.15) is 5.01 Å². The summed E-state index contributed by atoms with van der Waals surface area (Å²) in [5, 5.41) is 15.6. The van der Waals surface area contributed by atoms with Crippen molar-refractivity contribution in [1.82, 2.24) is 15.2 Å². The number of urea groups is 1. The third kappa shape index (κ3) is 3.70. The minimum atomic E-state index is -0.357. The number of aromatic nitrogens is 1. The molecular weight excluding hydrogens is 274 g/mol. The number of carbonyl (C=O) groups excluding carboxylic acids is 1. The van der Waals surface area contributed by atoms with E-state index >= 15 is 0 Å². The Hall–Kier alpha value is -1.14. The van der Waals surface area contributed by atoms with E-state index in [-0.39, 0.29) is 24.1 Å². The average molecular weight is 297 g/mol. The fourth-order valence-electron chi connectivity index (χ4n) is 2.50. The van der Waals surface area contributed by atoms with Crippen molar-refractivity contribution in [2.45, 2.75) is 45.8 Å². The lowest BCUT2D eigenvalue weighted by Gasteiger charge is -2.34. The minimum Gasteiger partial charge on any atom is -0.393 e. The number of hydrogen-bond donors (Lipinski definition) is 2. The number of likely N-dealkylation sites (tertiary alicyclic amines) is 1. The monoisotopic (exact) mass is 297 g/mol. The average Bonchev–Trinajstić information content (AvgIpc) is 2.85. The molecule has 0 radical (unpaired) electrons. The van der Waals surface area contributed by atoms with Gasteiger partial charge in [0.2, 0.25) is 0 Å². The van der Waals surface area contributed by atoms with Gasteiger partial charge in [0.25, 0.3) is 0 Å². The lowest BCUT2D eigenvalue weighted by atomic mass is 9.94. The molecule has 112 valence electrons. The van der Waals surface area contributed by atoms with E-state index in [0.717, 1.165) is 30.1 Å². The van der Waals surface area contributed by atoms with Crippen molar-refractivity contribution in [2.24, 2.45) is 5.92 Å². The number of nitrogens with one attached hydrogen (secondary N) is 1. The van der Waals surface area contributed by atoms with Gasteiger partial charge in [0, 0.05) is 30.1 Å². The molecule has 3 atom stereocenters. The molecule has 1 fully saturated rings. The minimum absolute atomic E-state index is 0.0595. The summed E-state index contributed by atoms with van der Waals surface area (Å²) in [6.07, 6.45) is 1.58. The van der Waals surface area contributed by atoms with Crippen LogP contribution in [0, 0.1) is 12.8 Å². The van der Waals surface area contributed by atoms with E-state index in [2.05, 4.69) is 10.3 Å². The number of aliphatic hydroxyl groups is 1. The van der Waals surface area contributed by atoms with E-state index in [4.69, 9.17) is 0 Å². The van der Waals surface area contributed by atoms with Gasteiger partial charge in [0.15, 0.2) is 0 Å². The molecule has 0 bridgehead atoms. The van der Waals surface area contributed by atoms with Crippen molar-refractivity contribution >= 4 is 17.4 Å². The van der Waals surface area contributed by atoms with Gasteiger partial charge in [0.05, 0.1) is 12.1 Å². The van der Waals surface area contributed by atoms with E-state index in [1.807, 2.05) is 19.2 Å². The summed E-state index contributed by atoms with van der Waals surface area (Å²) in [5.41, 5.74) is 0.984. The number of rotatable bonds is 3. The lowest BCUT2D eigenvalue weighted by Crippen LogP contribution is -2.47. The second kappa shape index (κ2) is 6.54. The van der Waals surface area contributed by atoms with Crippen LogP contribution >= 0.6 is 11.3 Å². The van der Waals surface area contributed by atoms with Crippen molar-refractivity contribution in [3.63, 3.8) is 0 Å². The Balaban J connectivity index is 1.91. The van der Waals surface area contributed by atoms with Gasteiger partial charge in [-0.2, -0.15) is 0 Å². The van der Waals surface area contributed by atoms with Crippen LogP contribution in [0.4, 0.5) is 4.79 Å². The Morgan fingerprint density at radius 2 is 2.35 bits per heavy atom. The summed E-state index contributed by atoms with van der Waals surface area (Å²) in [7, 11) is 0. The summed E-state index contributed by atoms with van der Waals surface area (Å²) in [6, 6.07) is -0.135. The molecule has 0 spiro atoms. The maximum absolute atomic E-state index is 12.3. The first-order valence-corrected chi connectivity index (χ1v) is 8.01. The topological polar surface area (TPSA) is 65.5 Å². The molecule has 1 aliphatic heterocycles. The third-order valence-electron chi connectivity index (χ3n) is 3.77. The zero-order chi connectivity index (χ0) is 14.7. The first-order chi connectivity index (χ1) is 9.47. The number of hydrogen-bond acceptors (Lipinski definition) is 4. The molecular formula is C14H23N3O2S. The second-order valence-electron chi connectivity index (χ2n) is 5.59. The highest BCUT2D eigenvalue weighted by Gasteiger charge is 2.27. The molecule has 2 N–H and O–H groups in total. The van der Waals surface area contributed by atoms with Crippen molar-refractivity contribution in [3.8, 4) is 0 Å². The van der Waals surface area contributed by atoms with Crippen LogP contribution in [-0.4, -0.2) is 40.2 Å². The van der Waals surface area contributed by atoms with Gasteiger partial charge < -0.3 is 15.3 Å². The normalized spacial score (nSPS) is 22.4. The van der Waals surface area contributed by atoms with E-state index < -0.39 is 0 Å². The van der Waals surface area contributed by atoms with Crippen LogP contribution in [-0.2, 0) is 0 Å². The van der Waals surface area contributed by atoms with Gasteiger partial charge in [-0.15, -0.1) is 11.3 Å². The van der Waals surface area contributed by atoms with Crippen LogP contribution in [0.25, 0.3) is 0 Å². The molecule has 2 heterocycles. The predicted molar refractivity (Wildman–Crippen MR) is 79.8 cm³/mol. The van der Waals surface area contributed by atoms with Gasteiger partial charge in [-0.1, -0.05) is 0 Å². The van der Waals surface area contributed by atoms with Crippen LogP contribution in [0.5, 0.6) is 0 Å². The molecule has 20 heavy (non-hydrogen) atoms. The Morgan fingerprint density at radius 1 is 1.60 bits per heavy atom. The lowest BCUT2D eigenvalue weighted by molar-refractivity contribution is 0.0734. The smallest absolute Gasteiger partial charge is 0.317 e. The maximum Gasteiger partial charge on any atom is 0.317 e. The van der Waals surface area contributed by atoms with Gasteiger partial charge >= 0.3 is 6.03 Å². The Labute approximate surface area is 124 Å². The summed E-state index contributed by atoms with van der Waals surface area (Å²) in [4.78, 5) is 18.5. The molecule has 6 heteroatoms. The number of thiazole rings is 1. The second-order valence-corrected chi connectivity index (χ2v) is 6.48. The Kier molecular flexibility index (Phi) is 4.99. The zero-order valence-corrected chi connectivity index (χ0v) is 13.1. The molecule has 2 rings (SSSR count). The van der Waals surface area contributed by atoms with Crippen molar-refractivity contribution in [2.75, 3.05) is 13.1 Å². The molecule has 2 amide bonds. The largest absolute Gasteiger partial charge is 0.393 e. The standard InChI is InChI=1S/C14H23N3O2S/c1-9-8-20-13(15-9)10(2)16-14(19)17-6-4-5-12(7-17)11(3)18/h8,10-12,18H,4-7H2,1-3H3,(H,16,19). The molecule has 1 saturated heterocycles. The summed E-state index contributed by atoms with van der Waals surface area (Å²) in [6.45, 7) is 7.09. The molecule has 1 aromatic heterocycles. The van der Waals surface area contributed by atoms with Gasteiger partial charge in [-0.05, 0) is 33.6 Å². The Morgan fingerprint density at radius 3 is 2.95 bits per heavy atom. The number of aliphatic hydroxyl groups excluding tert-OH is 1. The van der Waals surface area contributed by atoms with Crippen molar-refractivity contribution < 1.29 is 9.90 Å².